The lowest BCUT2D eigenvalue weighted by molar-refractivity contribution is 0.0451. The summed E-state index contributed by atoms with van der Waals surface area (Å²) in [6.07, 6.45) is 1.07. The Labute approximate surface area is 148 Å². The van der Waals surface area contributed by atoms with Gasteiger partial charge in [-0.3, -0.25) is 0 Å². The Morgan fingerprint density at radius 3 is 2.77 bits per heavy atom. The second-order valence-corrected chi connectivity index (χ2v) is 7.16. The van der Waals surface area contributed by atoms with Gasteiger partial charge in [0.25, 0.3) is 0 Å². The molecule has 1 unspecified atom stereocenters. The molecule has 2 heterocycles. The molecule has 3 aromatic rings. The third-order valence-electron chi connectivity index (χ3n) is 3.47. The highest BCUT2D eigenvalue weighted by Crippen LogP contribution is 2.42. The number of para-hydroxylation sites is 1. The smallest absolute Gasteiger partial charge is 0.402 e. The first-order chi connectivity index (χ1) is 12.5. The fourth-order valence-corrected chi connectivity index (χ4v) is 3.17. The molecule has 0 aliphatic carbocycles. The molecular weight excluding hydrogens is 364 g/mol. The standard InChI is InChI=1S/C15H17FN5O4P/c16-6-12(7-21-9-20-13-14(17)18-8-19-15(13)21)24-10-26(22,23)25-11-4-2-1-3-5-11/h1-5,8-9,12H,6-7,10H2,(H,22,23)(H2,17,18,19)/t12-/m0/s1. The van der Waals surface area contributed by atoms with Gasteiger partial charge in [-0.05, 0) is 12.1 Å². The first-order valence-corrected chi connectivity index (χ1v) is 9.40. The summed E-state index contributed by atoms with van der Waals surface area (Å²) in [7, 11) is -4.09. The van der Waals surface area contributed by atoms with E-state index in [1.807, 2.05) is 0 Å². The van der Waals surface area contributed by atoms with Crippen molar-refractivity contribution in [1.29, 1.82) is 0 Å². The van der Waals surface area contributed by atoms with Crippen molar-refractivity contribution in [2.45, 2.75) is 12.6 Å². The van der Waals surface area contributed by atoms with Gasteiger partial charge in [0.1, 0.15) is 30.4 Å². The Bertz CT molecular complexity index is 923. The normalized spacial score (nSPS) is 14.8. The van der Waals surface area contributed by atoms with Gasteiger partial charge in [0.2, 0.25) is 0 Å². The SMILES string of the molecule is Nc1ncnc2c1ncn2C[C@H](CF)OCP(=O)(O)Oc1ccccc1. The molecular formula is C15H17FN5O4P. The van der Waals surface area contributed by atoms with Gasteiger partial charge >= 0.3 is 7.60 Å². The minimum absolute atomic E-state index is 0.0365. The summed E-state index contributed by atoms with van der Waals surface area (Å²) in [6.45, 7) is -0.833. The predicted molar refractivity (Wildman–Crippen MR) is 92.3 cm³/mol. The van der Waals surface area contributed by atoms with Crippen molar-refractivity contribution in [1.82, 2.24) is 19.5 Å². The lowest BCUT2D eigenvalue weighted by atomic mass is 10.3. The average Bonchev–Trinajstić information content (AvgIpc) is 3.03. The number of anilines is 1. The van der Waals surface area contributed by atoms with Crippen molar-refractivity contribution in [3.63, 3.8) is 0 Å². The van der Waals surface area contributed by atoms with Gasteiger partial charge in [0, 0.05) is 0 Å². The highest BCUT2D eigenvalue weighted by Gasteiger charge is 2.24. The van der Waals surface area contributed by atoms with E-state index in [0.717, 1.165) is 0 Å². The maximum absolute atomic E-state index is 13.3. The lowest BCUT2D eigenvalue weighted by Crippen LogP contribution is -2.23. The molecule has 0 amide bonds. The summed E-state index contributed by atoms with van der Waals surface area (Å²) < 4.78 is 37.2. The van der Waals surface area contributed by atoms with E-state index in [1.165, 1.54) is 29.4 Å². The van der Waals surface area contributed by atoms with E-state index in [-0.39, 0.29) is 18.1 Å². The van der Waals surface area contributed by atoms with Crippen LogP contribution >= 0.6 is 7.60 Å². The Hall–Kier alpha value is -2.55. The van der Waals surface area contributed by atoms with Gasteiger partial charge in [-0.1, -0.05) is 18.2 Å². The number of aromatic nitrogens is 4. The average molecular weight is 381 g/mol. The van der Waals surface area contributed by atoms with Crippen LogP contribution in [0.1, 0.15) is 0 Å². The molecule has 0 radical (unpaired) electrons. The van der Waals surface area contributed by atoms with Crippen LogP contribution in [0.4, 0.5) is 10.2 Å². The zero-order valence-electron chi connectivity index (χ0n) is 13.6. The summed E-state index contributed by atoms with van der Waals surface area (Å²) >= 11 is 0. The summed E-state index contributed by atoms with van der Waals surface area (Å²) in [5.74, 6) is 0.439. The van der Waals surface area contributed by atoms with E-state index >= 15 is 0 Å². The van der Waals surface area contributed by atoms with Crippen LogP contribution in [0.25, 0.3) is 11.2 Å². The van der Waals surface area contributed by atoms with Crippen LogP contribution in [0.15, 0.2) is 43.0 Å². The van der Waals surface area contributed by atoms with Crippen LogP contribution in [0.3, 0.4) is 0 Å². The third kappa shape index (κ3) is 4.34. The highest BCUT2D eigenvalue weighted by atomic mass is 31.2. The molecule has 0 saturated heterocycles. The van der Waals surface area contributed by atoms with Gasteiger partial charge in [-0.15, -0.1) is 0 Å². The van der Waals surface area contributed by atoms with Crippen LogP contribution in [-0.4, -0.2) is 43.5 Å². The Kier molecular flexibility index (Phi) is 5.46. The van der Waals surface area contributed by atoms with Crippen molar-refractivity contribution < 1.29 is 23.1 Å². The topological polar surface area (TPSA) is 125 Å². The molecule has 11 heteroatoms. The van der Waals surface area contributed by atoms with E-state index in [1.54, 1.807) is 18.2 Å². The van der Waals surface area contributed by atoms with Crippen molar-refractivity contribution in [3.05, 3.63) is 43.0 Å². The van der Waals surface area contributed by atoms with E-state index in [4.69, 9.17) is 15.0 Å². The number of halogens is 1. The number of ether oxygens (including phenoxy) is 1. The predicted octanol–water partition coefficient (Wildman–Crippen LogP) is 1.99. The maximum atomic E-state index is 13.3. The number of nitrogens with zero attached hydrogens (tertiary/aromatic N) is 4. The minimum Gasteiger partial charge on any atom is -0.423 e. The second kappa shape index (κ2) is 7.77. The molecule has 2 atom stereocenters. The zero-order valence-corrected chi connectivity index (χ0v) is 14.5. The van der Waals surface area contributed by atoms with Crippen LogP contribution < -0.4 is 10.3 Å². The molecule has 138 valence electrons. The third-order valence-corrected chi connectivity index (χ3v) is 4.44. The number of hydrogen-bond donors (Lipinski definition) is 2. The summed E-state index contributed by atoms with van der Waals surface area (Å²) in [6, 6.07) is 8.15. The number of benzene rings is 1. The van der Waals surface area contributed by atoms with E-state index in [0.29, 0.717) is 11.2 Å². The lowest BCUT2D eigenvalue weighted by Gasteiger charge is -2.18. The largest absolute Gasteiger partial charge is 0.423 e. The van der Waals surface area contributed by atoms with Gasteiger partial charge < -0.3 is 24.5 Å². The number of imidazole rings is 1. The molecule has 1 aromatic carbocycles. The van der Waals surface area contributed by atoms with Crippen LogP contribution in [0.5, 0.6) is 5.75 Å². The number of rotatable bonds is 8. The maximum Gasteiger partial charge on any atom is 0.402 e. The fraction of sp³-hybridized carbons (Fsp3) is 0.267. The van der Waals surface area contributed by atoms with Crippen LogP contribution in [0, 0.1) is 0 Å². The summed E-state index contributed by atoms with van der Waals surface area (Å²) in [4.78, 5) is 21.8. The van der Waals surface area contributed by atoms with E-state index < -0.39 is 26.7 Å². The number of fused-ring (bicyclic) bond motifs is 1. The fourth-order valence-electron chi connectivity index (χ4n) is 2.27. The van der Waals surface area contributed by atoms with Crippen molar-refractivity contribution in [2.75, 3.05) is 18.8 Å². The molecule has 0 aliphatic rings. The molecule has 0 fully saturated rings. The Morgan fingerprint density at radius 2 is 2.04 bits per heavy atom. The van der Waals surface area contributed by atoms with Gasteiger partial charge in [-0.2, -0.15) is 0 Å². The van der Waals surface area contributed by atoms with E-state index in [2.05, 4.69) is 15.0 Å². The van der Waals surface area contributed by atoms with Gasteiger partial charge in [0.05, 0.1) is 12.9 Å². The summed E-state index contributed by atoms with van der Waals surface area (Å²) in [5.41, 5.74) is 6.52. The molecule has 2 aromatic heterocycles. The Balaban J connectivity index is 1.64. The molecule has 0 aliphatic heterocycles. The molecule has 3 N–H and O–H groups in total. The van der Waals surface area contributed by atoms with Gasteiger partial charge in [-0.25, -0.2) is 23.9 Å². The number of nitrogens with two attached hydrogens (primary N) is 1. The molecule has 0 saturated carbocycles. The molecule has 0 spiro atoms. The first-order valence-electron chi connectivity index (χ1n) is 7.64. The number of hydrogen-bond acceptors (Lipinski definition) is 7. The molecule has 3 rings (SSSR count). The van der Waals surface area contributed by atoms with Crippen molar-refractivity contribution in [3.8, 4) is 5.75 Å². The number of nitrogen functional groups attached to an aromatic ring is 1. The van der Waals surface area contributed by atoms with Crippen molar-refractivity contribution >= 4 is 24.6 Å². The molecule has 0 bridgehead atoms. The van der Waals surface area contributed by atoms with Crippen molar-refractivity contribution in [2.24, 2.45) is 0 Å². The monoisotopic (exact) mass is 381 g/mol. The summed E-state index contributed by atoms with van der Waals surface area (Å²) in [5, 5.41) is 0. The number of alkyl halides is 1. The Morgan fingerprint density at radius 1 is 1.27 bits per heavy atom. The van der Waals surface area contributed by atoms with Crippen LogP contribution in [0.2, 0.25) is 0 Å². The van der Waals surface area contributed by atoms with Crippen LogP contribution in [-0.2, 0) is 15.8 Å². The highest BCUT2D eigenvalue weighted by molar-refractivity contribution is 7.53. The molecule has 9 nitrogen and oxygen atoms in total. The van der Waals surface area contributed by atoms with Gasteiger partial charge in [0.15, 0.2) is 17.8 Å². The zero-order chi connectivity index (χ0) is 18.6. The quantitative estimate of drug-likeness (QED) is 0.568. The minimum atomic E-state index is -4.09. The molecule has 26 heavy (non-hydrogen) atoms. The first kappa shape index (κ1) is 18.2. The second-order valence-electron chi connectivity index (χ2n) is 5.44. The van der Waals surface area contributed by atoms with E-state index in [9.17, 15) is 13.8 Å².